The molecule has 0 spiro atoms. The van der Waals surface area contributed by atoms with Crippen LogP contribution in [0.4, 0.5) is 22.0 Å². The lowest BCUT2D eigenvalue weighted by Gasteiger charge is -2.15. The molecule has 0 bridgehead atoms. The fourth-order valence-corrected chi connectivity index (χ4v) is 5.97. The number of benzene rings is 1. The van der Waals surface area contributed by atoms with Gasteiger partial charge in [-0.15, -0.1) is 0 Å². The molecule has 44 heavy (non-hydrogen) atoms. The van der Waals surface area contributed by atoms with Gasteiger partial charge in [0.1, 0.15) is 6.67 Å². The Morgan fingerprint density at radius 1 is 1.14 bits per heavy atom. The first-order valence-electron chi connectivity index (χ1n) is 13.3. The molecule has 1 aliphatic heterocycles. The smallest absolute Gasteiger partial charge is 0.264 e. The topological polar surface area (TPSA) is 120 Å². The molecule has 9 nitrogen and oxygen atoms in total. The number of fused-ring (bicyclic) bond motifs is 2. The van der Waals surface area contributed by atoms with Crippen molar-refractivity contribution < 1.29 is 44.6 Å². The first-order valence-corrected chi connectivity index (χ1v) is 14.9. The van der Waals surface area contributed by atoms with E-state index in [1.807, 2.05) is 0 Å². The second-order valence-electron chi connectivity index (χ2n) is 9.70. The molecule has 1 amide bonds. The summed E-state index contributed by atoms with van der Waals surface area (Å²) >= 11 is 0. The van der Waals surface area contributed by atoms with Crippen molar-refractivity contribution in [2.45, 2.75) is 43.1 Å². The van der Waals surface area contributed by atoms with E-state index >= 15 is 0 Å². The van der Waals surface area contributed by atoms with E-state index in [-0.39, 0.29) is 30.3 Å². The Kier molecular flexibility index (Phi) is 9.06. The maximum absolute atomic E-state index is 14.3. The maximum atomic E-state index is 14.3. The SMILES string of the molecule is CCOc1nc([C@H](F)CF)ccc1-c1ccc2cnc(CNC(=O)c3cc(C(F)F)c4c(c3)S(=O)(=O)[C@@H](F)COC4)cc2n1. The molecule has 1 aromatic carbocycles. The molecular weight excluding hydrogens is 611 g/mol. The molecular formula is C29H25F5N4O5S. The van der Waals surface area contributed by atoms with E-state index in [1.54, 1.807) is 25.1 Å². The molecule has 1 aliphatic rings. The number of nitrogens with one attached hydrogen (secondary N) is 1. The van der Waals surface area contributed by atoms with E-state index in [2.05, 4.69) is 20.3 Å². The molecule has 0 saturated heterocycles. The van der Waals surface area contributed by atoms with E-state index < -0.39 is 69.8 Å². The molecule has 232 valence electrons. The molecule has 0 unspecified atom stereocenters. The monoisotopic (exact) mass is 636 g/mol. The number of aromatic nitrogens is 3. The molecule has 0 saturated carbocycles. The minimum absolute atomic E-state index is 0.0751. The van der Waals surface area contributed by atoms with Gasteiger partial charge in [0.15, 0.2) is 6.17 Å². The Balaban J connectivity index is 1.41. The first kappa shape index (κ1) is 31.2. The molecule has 0 fully saturated rings. The summed E-state index contributed by atoms with van der Waals surface area (Å²) in [4.78, 5) is 25.2. The zero-order chi connectivity index (χ0) is 31.6. The number of halogens is 5. The highest BCUT2D eigenvalue weighted by molar-refractivity contribution is 7.92. The summed E-state index contributed by atoms with van der Waals surface area (Å²) in [6.45, 7) is -0.863. The Morgan fingerprint density at radius 2 is 1.93 bits per heavy atom. The molecule has 4 heterocycles. The third kappa shape index (κ3) is 6.19. The second kappa shape index (κ2) is 12.8. The number of ether oxygens (including phenoxy) is 2. The van der Waals surface area contributed by atoms with E-state index in [0.29, 0.717) is 27.9 Å². The third-order valence-corrected chi connectivity index (χ3v) is 8.62. The van der Waals surface area contributed by atoms with Crippen molar-refractivity contribution in [3.05, 3.63) is 76.7 Å². The molecule has 1 N–H and O–H groups in total. The number of carbonyl (C=O) groups is 1. The van der Waals surface area contributed by atoms with Crippen LogP contribution in [0.2, 0.25) is 0 Å². The van der Waals surface area contributed by atoms with Gasteiger partial charge in [-0.05, 0) is 49.4 Å². The Labute approximate surface area is 248 Å². The largest absolute Gasteiger partial charge is 0.477 e. The predicted molar refractivity (Wildman–Crippen MR) is 148 cm³/mol. The number of nitrogens with zero attached hydrogens (tertiary/aromatic N) is 3. The number of carbonyl (C=O) groups excluding carboxylic acids is 1. The number of hydrogen-bond acceptors (Lipinski definition) is 8. The molecule has 3 aromatic heterocycles. The highest BCUT2D eigenvalue weighted by Crippen LogP contribution is 2.35. The van der Waals surface area contributed by atoms with E-state index in [0.717, 1.165) is 12.1 Å². The van der Waals surface area contributed by atoms with Crippen molar-refractivity contribution in [1.29, 1.82) is 0 Å². The van der Waals surface area contributed by atoms with Crippen LogP contribution in [-0.4, -0.2) is 54.7 Å². The zero-order valence-electron chi connectivity index (χ0n) is 23.1. The van der Waals surface area contributed by atoms with Crippen LogP contribution < -0.4 is 10.1 Å². The summed E-state index contributed by atoms with van der Waals surface area (Å²) < 4.78 is 104. The van der Waals surface area contributed by atoms with Crippen LogP contribution in [0.5, 0.6) is 5.88 Å². The molecule has 2 atom stereocenters. The average Bonchev–Trinajstić information content (AvgIpc) is 3.13. The van der Waals surface area contributed by atoms with Crippen molar-refractivity contribution in [3.8, 4) is 17.1 Å². The van der Waals surface area contributed by atoms with Gasteiger partial charge >= 0.3 is 0 Å². The normalized spacial score (nSPS) is 16.8. The predicted octanol–water partition coefficient (Wildman–Crippen LogP) is 5.54. The van der Waals surface area contributed by atoms with Crippen LogP contribution in [-0.2, 0) is 27.7 Å². The standard InChI is InChI=1S/C29H25F5N4O5S/c1-2-43-29-18(4-6-23(38-29)21(31)10-30)22-5-3-15-11-35-17(9-24(15)37-22)12-36-28(39)16-7-19(27(33)34)20-13-42-14-26(32)44(40,41)25(20)8-16/h3-9,11,21,26-27H,2,10,12-14H2,1H3,(H,36,39)/t21-,26-/m1/s1. The number of pyridine rings is 3. The summed E-state index contributed by atoms with van der Waals surface area (Å²) in [6, 6.07) is 9.55. The van der Waals surface area contributed by atoms with E-state index in [1.165, 1.54) is 18.3 Å². The van der Waals surface area contributed by atoms with Gasteiger partial charge in [-0.3, -0.25) is 9.78 Å². The van der Waals surface area contributed by atoms with Crippen LogP contribution in [0.3, 0.4) is 0 Å². The second-order valence-corrected chi connectivity index (χ2v) is 11.7. The Bertz CT molecular complexity index is 1830. The fourth-order valence-electron chi connectivity index (χ4n) is 4.61. The lowest BCUT2D eigenvalue weighted by molar-refractivity contribution is 0.0914. The number of hydrogen-bond donors (Lipinski definition) is 1. The zero-order valence-corrected chi connectivity index (χ0v) is 23.9. The number of rotatable bonds is 9. The van der Waals surface area contributed by atoms with Gasteiger partial charge < -0.3 is 14.8 Å². The minimum Gasteiger partial charge on any atom is -0.477 e. The first-order chi connectivity index (χ1) is 21.0. The third-order valence-electron chi connectivity index (χ3n) is 6.83. The van der Waals surface area contributed by atoms with Crippen molar-refractivity contribution >= 4 is 26.6 Å². The minimum atomic E-state index is -4.68. The van der Waals surface area contributed by atoms with Crippen LogP contribution >= 0.6 is 0 Å². The summed E-state index contributed by atoms with van der Waals surface area (Å²) in [5.74, 6) is -0.813. The van der Waals surface area contributed by atoms with Crippen LogP contribution in [0, 0.1) is 0 Å². The van der Waals surface area contributed by atoms with E-state index in [4.69, 9.17) is 9.47 Å². The molecule has 15 heteroatoms. The van der Waals surface area contributed by atoms with Gasteiger partial charge in [0.2, 0.25) is 21.2 Å². The number of amides is 1. The quantitative estimate of drug-likeness (QED) is 0.238. The van der Waals surface area contributed by atoms with Gasteiger partial charge in [0, 0.05) is 28.3 Å². The Morgan fingerprint density at radius 3 is 2.66 bits per heavy atom. The van der Waals surface area contributed by atoms with Crippen molar-refractivity contribution in [1.82, 2.24) is 20.3 Å². The van der Waals surface area contributed by atoms with Crippen molar-refractivity contribution in [2.24, 2.45) is 0 Å². The summed E-state index contributed by atoms with van der Waals surface area (Å²) in [6.07, 6.45) is -3.55. The van der Waals surface area contributed by atoms with Crippen molar-refractivity contribution in [2.75, 3.05) is 19.9 Å². The molecule has 0 radical (unpaired) electrons. The van der Waals surface area contributed by atoms with Gasteiger partial charge in [0.25, 0.3) is 12.3 Å². The molecule has 0 aliphatic carbocycles. The van der Waals surface area contributed by atoms with Crippen LogP contribution in [0.25, 0.3) is 22.2 Å². The number of alkyl halides is 5. The van der Waals surface area contributed by atoms with Gasteiger partial charge in [-0.2, -0.15) is 0 Å². The van der Waals surface area contributed by atoms with Gasteiger partial charge in [-0.1, -0.05) is 0 Å². The van der Waals surface area contributed by atoms with Crippen molar-refractivity contribution in [3.63, 3.8) is 0 Å². The van der Waals surface area contributed by atoms with Crippen LogP contribution in [0.15, 0.2) is 53.6 Å². The molecule has 5 rings (SSSR count). The summed E-state index contributed by atoms with van der Waals surface area (Å²) in [5.41, 5.74) is -2.50. The van der Waals surface area contributed by atoms with Gasteiger partial charge in [-0.25, -0.2) is 40.3 Å². The van der Waals surface area contributed by atoms with Gasteiger partial charge in [0.05, 0.1) is 59.4 Å². The number of sulfone groups is 1. The fraction of sp³-hybridized carbons (Fsp3) is 0.310. The Hall–Kier alpha value is -4.24. The summed E-state index contributed by atoms with van der Waals surface area (Å²) in [5, 5.41) is 3.14. The maximum Gasteiger partial charge on any atom is 0.264 e. The summed E-state index contributed by atoms with van der Waals surface area (Å²) in [7, 11) is -4.68. The van der Waals surface area contributed by atoms with Crippen LogP contribution in [0.1, 0.15) is 52.4 Å². The van der Waals surface area contributed by atoms with E-state index in [9.17, 15) is 35.2 Å². The lowest BCUT2D eigenvalue weighted by atomic mass is 10.0. The highest BCUT2D eigenvalue weighted by Gasteiger charge is 2.36. The average molecular weight is 637 g/mol. The molecule has 4 aromatic rings. The highest BCUT2D eigenvalue weighted by atomic mass is 32.2. The lowest BCUT2D eigenvalue weighted by Crippen LogP contribution is -2.25.